The summed E-state index contributed by atoms with van der Waals surface area (Å²) in [6.07, 6.45) is 2.93. The largest absolute Gasteiger partial charge is 0.267 e. The molecule has 16 heavy (non-hydrogen) atoms. The van der Waals surface area contributed by atoms with Gasteiger partial charge >= 0.3 is 0 Å². The Morgan fingerprint density at radius 1 is 1.12 bits per heavy atom. The lowest BCUT2D eigenvalue weighted by molar-refractivity contribution is 0.323. The smallest absolute Gasteiger partial charge is 0.257 e. The Kier molecular flexibility index (Phi) is 7.29. The van der Waals surface area contributed by atoms with Crippen molar-refractivity contribution in [1.29, 1.82) is 0 Å². The molecule has 0 unspecified atom stereocenters. The van der Waals surface area contributed by atoms with Crippen molar-refractivity contribution in [1.82, 2.24) is 0 Å². The highest BCUT2D eigenvalue weighted by Gasteiger charge is 1.95. The van der Waals surface area contributed by atoms with E-state index in [4.69, 9.17) is 0 Å². The molecule has 0 saturated carbocycles. The van der Waals surface area contributed by atoms with E-state index < -0.39 is 11.0 Å². The summed E-state index contributed by atoms with van der Waals surface area (Å²) in [5.74, 6) is 2.83. The quantitative estimate of drug-likeness (QED) is 0.847. The third kappa shape index (κ3) is 6.87. The van der Waals surface area contributed by atoms with Crippen molar-refractivity contribution in [2.24, 2.45) is 0 Å². The van der Waals surface area contributed by atoms with E-state index in [0.29, 0.717) is 0 Å². The molecule has 1 aromatic carbocycles. The molecule has 0 spiro atoms. The molecule has 1 saturated heterocycles. The maximum Gasteiger partial charge on any atom is 0.257 e. The summed E-state index contributed by atoms with van der Waals surface area (Å²) in [6.45, 7) is 0.125. The van der Waals surface area contributed by atoms with Crippen LogP contribution in [0.15, 0.2) is 30.3 Å². The van der Waals surface area contributed by atoms with Gasteiger partial charge in [-0.15, -0.1) is 0 Å². The molecular formula is C11H16O3S2. The number of hydrogen-bond acceptors (Lipinski definition) is 4. The average Bonchev–Trinajstić information content (AvgIpc) is 2.86. The van der Waals surface area contributed by atoms with Crippen LogP contribution >= 0.6 is 11.8 Å². The monoisotopic (exact) mass is 260 g/mol. The Morgan fingerprint density at radius 2 is 1.75 bits per heavy atom. The molecular weight excluding hydrogens is 244 g/mol. The van der Waals surface area contributed by atoms with E-state index in [1.54, 1.807) is 12.1 Å². The summed E-state index contributed by atoms with van der Waals surface area (Å²) in [7, 11) is -2.72. The zero-order valence-electron chi connectivity index (χ0n) is 9.00. The first kappa shape index (κ1) is 13.5. The fourth-order valence-corrected chi connectivity index (χ4v) is 2.49. The Labute approximate surface area is 102 Å². The molecule has 0 radical (unpaired) electrons. The lowest BCUT2D eigenvalue weighted by Gasteiger charge is -1.94. The van der Waals surface area contributed by atoms with Gasteiger partial charge in [-0.25, -0.2) is 8.42 Å². The van der Waals surface area contributed by atoms with Gasteiger partial charge in [-0.2, -0.15) is 11.8 Å². The summed E-state index contributed by atoms with van der Waals surface area (Å²) >= 11 is 2.07. The first-order chi connectivity index (χ1) is 7.79. The SMILES string of the molecule is C1CCSC1.O=[SH](=O)OCc1ccccc1. The maximum absolute atomic E-state index is 9.99. The first-order valence-electron chi connectivity index (χ1n) is 5.18. The molecule has 1 aromatic rings. The van der Waals surface area contributed by atoms with Gasteiger partial charge in [0.2, 0.25) is 0 Å². The van der Waals surface area contributed by atoms with Crippen LogP contribution in [0.1, 0.15) is 18.4 Å². The van der Waals surface area contributed by atoms with Crippen molar-refractivity contribution in [3.8, 4) is 0 Å². The highest BCUT2D eigenvalue weighted by Crippen LogP contribution is 2.14. The van der Waals surface area contributed by atoms with E-state index in [1.807, 2.05) is 18.2 Å². The molecule has 1 fully saturated rings. The molecule has 1 heterocycles. The summed E-state index contributed by atoms with van der Waals surface area (Å²) in [4.78, 5) is 0. The Balaban J connectivity index is 0.000000212. The molecule has 0 N–H and O–H groups in total. The van der Waals surface area contributed by atoms with Crippen molar-refractivity contribution in [2.75, 3.05) is 11.5 Å². The fourth-order valence-electron chi connectivity index (χ4n) is 1.21. The molecule has 0 atom stereocenters. The summed E-state index contributed by atoms with van der Waals surface area (Å²) in [5.41, 5.74) is 0.853. The van der Waals surface area contributed by atoms with Gasteiger partial charge in [-0.3, -0.25) is 4.18 Å². The van der Waals surface area contributed by atoms with E-state index in [-0.39, 0.29) is 6.61 Å². The van der Waals surface area contributed by atoms with Gasteiger partial charge in [-0.05, 0) is 29.9 Å². The lowest BCUT2D eigenvalue weighted by Crippen LogP contribution is -1.89. The van der Waals surface area contributed by atoms with Crippen LogP contribution < -0.4 is 0 Å². The number of benzene rings is 1. The number of thioether (sulfide) groups is 1. The highest BCUT2D eigenvalue weighted by atomic mass is 32.2. The fraction of sp³-hybridized carbons (Fsp3) is 0.455. The van der Waals surface area contributed by atoms with E-state index in [9.17, 15) is 8.42 Å². The van der Waals surface area contributed by atoms with Crippen molar-refractivity contribution in [3.63, 3.8) is 0 Å². The van der Waals surface area contributed by atoms with E-state index in [2.05, 4.69) is 15.9 Å². The third-order valence-electron chi connectivity index (χ3n) is 2.01. The second-order valence-electron chi connectivity index (χ2n) is 3.30. The van der Waals surface area contributed by atoms with Gasteiger partial charge in [0.15, 0.2) is 0 Å². The third-order valence-corrected chi connectivity index (χ3v) is 3.50. The Hall–Kier alpha value is -0.520. The van der Waals surface area contributed by atoms with Crippen LogP contribution in [0.5, 0.6) is 0 Å². The maximum atomic E-state index is 9.99. The minimum atomic E-state index is -2.72. The Bertz CT molecular complexity index is 330. The van der Waals surface area contributed by atoms with Crippen LogP contribution in [0.4, 0.5) is 0 Å². The molecule has 2 rings (SSSR count). The van der Waals surface area contributed by atoms with Gasteiger partial charge in [0, 0.05) is 0 Å². The van der Waals surface area contributed by atoms with Crippen LogP contribution in [-0.4, -0.2) is 19.9 Å². The summed E-state index contributed by atoms with van der Waals surface area (Å²) in [5, 5.41) is 0. The zero-order valence-corrected chi connectivity index (χ0v) is 10.7. The zero-order chi connectivity index (χ0) is 11.6. The minimum absolute atomic E-state index is 0.125. The average molecular weight is 260 g/mol. The van der Waals surface area contributed by atoms with Gasteiger partial charge in [-0.1, -0.05) is 30.3 Å². The standard InChI is InChI=1S/C7H8O3S.C4H8S/c8-11(9)10-6-7-4-2-1-3-5-7;1-2-4-5-3-1/h1-5,11H,6H2;1-4H2. The second kappa shape index (κ2) is 8.61. The summed E-state index contributed by atoms with van der Waals surface area (Å²) in [6, 6.07) is 9.13. The van der Waals surface area contributed by atoms with Gasteiger partial charge < -0.3 is 0 Å². The number of rotatable bonds is 3. The predicted molar refractivity (Wildman–Crippen MR) is 68.1 cm³/mol. The first-order valence-corrected chi connectivity index (χ1v) is 7.43. The molecule has 0 amide bonds. The van der Waals surface area contributed by atoms with Crippen LogP contribution in [-0.2, 0) is 21.8 Å². The van der Waals surface area contributed by atoms with E-state index in [1.165, 1.54) is 24.3 Å². The minimum Gasteiger partial charge on any atom is -0.267 e. The van der Waals surface area contributed by atoms with Crippen molar-refractivity contribution < 1.29 is 12.6 Å². The second-order valence-corrected chi connectivity index (χ2v) is 5.23. The van der Waals surface area contributed by atoms with Gasteiger partial charge in [0.25, 0.3) is 11.0 Å². The highest BCUT2D eigenvalue weighted by molar-refractivity contribution is 7.99. The van der Waals surface area contributed by atoms with Gasteiger partial charge in [0.1, 0.15) is 0 Å². The van der Waals surface area contributed by atoms with Crippen molar-refractivity contribution >= 4 is 22.7 Å². The van der Waals surface area contributed by atoms with Gasteiger partial charge in [0.05, 0.1) is 6.61 Å². The summed E-state index contributed by atoms with van der Waals surface area (Å²) < 4.78 is 24.4. The van der Waals surface area contributed by atoms with Crippen LogP contribution in [0.3, 0.4) is 0 Å². The predicted octanol–water partition coefficient (Wildman–Crippen LogP) is 2.24. The molecule has 1 aliphatic heterocycles. The number of thiol groups is 1. The number of hydrogen-bond donors (Lipinski definition) is 1. The van der Waals surface area contributed by atoms with E-state index in [0.717, 1.165) is 5.56 Å². The molecule has 3 nitrogen and oxygen atoms in total. The van der Waals surface area contributed by atoms with Crippen LogP contribution in [0, 0.1) is 0 Å². The van der Waals surface area contributed by atoms with E-state index >= 15 is 0 Å². The molecule has 90 valence electrons. The topological polar surface area (TPSA) is 43.4 Å². The van der Waals surface area contributed by atoms with Crippen LogP contribution in [0.25, 0.3) is 0 Å². The van der Waals surface area contributed by atoms with Crippen LogP contribution in [0.2, 0.25) is 0 Å². The molecule has 5 heteroatoms. The molecule has 0 bridgehead atoms. The molecule has 0 aromatic heterocycles. The van der Waals surface area contributed by atoms with Crippen molar-refractivity contribution in [2.45, 2.75) is 19.4 Å². The Morgan fingerprint density at radius 3 is 2.19 bits per heavy atom. The molecule has 0 aliphatic carbocycles. The normalized spacial score (nSPS) is 14.6. The van der Waals surface area contributed by atoms with Crippen molar-refractivity contribution in [3.05, 3.63) is 35.9 Å². The molecule has 1 aliphatic rings. The lowest BCUT2D eigenvalue weighted by atomic mass is 10.2.